The number of aryl methyl sites for hydroxylation is 2. The molecule has 7 nitrogen and oxygen atoms in total. The van der Waals surface area contributed by atoms with Gasteiger partial charge in [-0.1, -0.05) is 0 Å². The van der Waals surface area contributed by atoms with Crippen molar-refractivity contribution in [1.82, 2.24) is 15.1 Å². The molecule has 2 rings (SSSR count). The number of hydrogen-bond donors (Lipinski definition) is 2. The fourth-order valence-corrected chi connectivity index (χ4v) is 1.61. The standard InChI is InChI=1S/C11H16N4O3/c1-6-9(12)10(15(2)14-6)11(17)18-5-8(16)13-7-3-4-7/h7H,3-5,12H2,1-2H3,(H,13,16). The monoisotopic (exact) mass is 252 g/mol. The zero-order valence-electron chi connectivity index (χ0n) is 10.4. The number of nitrogen functional groups attached to an aromatic ring is 1. The number of esters is 1. The van der Waals surface area contributed by atoms with Gasteiger partial charge in [0.2, 0.25) is 0 Å². The number of ether oxygens (including phenoxy) is 1. The summed E-state index contributed by atoms with van der Waals surface area (Å²) >= 11 is 0. The van der Waals surface area contributed by atoms with E-state index in [4.69, 9.17) is 10.5 Å². The van der Waals surface area contributed by atoms with Crippen LogP contribution in [0.5, 0.6) is 0 Å². The molecule has 0 atom stereocenters. The van der Waals surface area contributed by atoms with E-state index in [0.29, 0.717) is 5.69 Å². The van der Waals surface area contributed by atoms with Crippen LogP contribution in [0.25, 0.3) is 0 Å². The third-order valence-corrected chi connectivity index (χ3v) is 2.74. The number of nitrogens with one attached hydrogen (secondary N) is 1. The Morgan fingerprint density at radius 3 is 2.72 bits per heavy atom. The van der Waals surface area contributed by atoms with E-state index in [2.05, 4.69) is 10.4 Å². The molecular formula is C11H16N4O3. The second kappa shape index (κ2) is 4.67. The van der Waals surface area contributed by atoms with Gasteiger partial charge in [0.15, 0.2) is 12.3 Å². The van der Waals surface area contributed by atoms with Crippen molar-refractivity contribution < 1.29 is 14.3 Å². The fourth-order valence-electron chi connectivity index (χ4n) is 1.61. The lowest BCUT2D eigenvalue weighted by Crippen LogP contribution is -2.30. The highest BCUT2D eigenvalue weighted by Crippen LogP contribution is 2.18. The molecule has 1 fully saturated rings. The molecule has 1 aromatic heterocycles. The minimum absolute atomic E-state index is 0.173. The highest BCUT2D eigenvalue weighted by atomic mass is 16.5. The first kappa shape index (κ1) is 12.4. The van der Waals surface area contributed by atoms with Gasteiger partial charge in [0.05, 0.1) is 11.4 Å². The number of amides is 1. The minimum Gasteiger partial charge on any atom is -0.451 e. The molecule has 1 aliphatic rings. The van der Waals surface area contributed by atoms with Crippen molar-refractivity contribution in [3.8, 4) is 0 Å². The molecule has 7 heteroatoms. The molecule has 0 aromatic carbocycles. The van der Waals surface area contributed by atoms with E-state index in [1.807, 2.05) is 0 Å². The van der Waals surface area contributed by atoms with Gasteiger partial charge in [-0.15, -0.1) is 0 Å². The maximum Gasteiger partial charge on any atom is 0.359 e. The maximum absolute atomic E-state index is 11.8. The number of carbonyl (C=O) groups excluding carboxylic acids is 2. The van der Waals surface area contributed by atoms with E-state index in [1.54, 1.807) is 14.0 Å². The molecule has 1 heterocycles. The van der Waals surface area contributed by atoms with Gasteiger partial charge in [0, 0.05) is 13.1 Å². The Bertz CT molecular complexity index is 491. The Kier molecular flexibility index (Phi) is 3.22. The summed E-state index contributed by atoms with van der Waals surface area (Å²) in [6.45, 7) is 1.41. The lowest BCUT2D eigenvalue weighted by molar-refractivity contribution is -0.124. The molecule has 1 amide bonds. The highest BCUT2D eigenvalue weighted by molar-refractivity contribution is 5.95. The van der Waals surface area contributed by atoms with E-state index in [1.165, 1.54) is 4.68 Å². The number of aromatic nitrogens is 2. The van der Waals surface area contributed by atoms with Crippen LogP contribution < -0.4 is 11.1 Å². The second-order valence-corrected chi connectivity index (χ2v) is 4.39. The average molecular weight is 252 g/mol. The first-order valence-corrected chi connectivity index (χ1v) is 5.74. The van der Waals surface area contributed by atoms with Crippen LogP contribution in [0.15, 0.2) is 0 Å². The second-order valence-electron chi connectivity index (χ2n) is 4.39. The smallest absolute Gasteiger partial charge is 0.359 e. The summed E-state index contributed by atoms with van der Waals surface area (Å²) in [6.07, 6.45) is 1.99. The molecular weight excluding hydrogens is 236 g/mol. The van der Waals surface area contributed by atoms with Crippen molar-refractivity contribution >= 4 is 17.6 Å². The Hall–Kier alpha value is -2.05. The molecule has 0 saturated heterocycles. The van der Waals surface area contributed by atoms with Crippen molar-refractivity contribution in [3.63, 3.8) is 0 Å². The maximum atomic E-state index is 11.8. The SMILES string of the molecule is Cc1nn(C)c(C(=O)OCC(=O)NC2CC2)c1N. The van der Waals surface area contributed by atoms with Crippen LogP contribution in [0.4, 0.5) is 5.69 Å². The van der Waals surface area contributed by atoms with Crippen LogP contribution in [-0.4, -0.2) is 34.3 Å². The van der Waals surface area contributed by atoms with Crippen molar-refractivity contribution in [2.45, 2.75) is 25.8 Å². The highest BCUT2D eigenvalue weighted by Gasteiger charge is 2.24. The number of anilines is 1. The summed E-state index contributed by atoms with van der Waals surface area (Å²) < 4.78 is 6.25. The van der Waals surface area contributed by atoms with Crippen LogP contribution in [-0.2, 0) is 16.6 Å². The largest absolute Gasteiger partial charge is 0.451 e. The fraction of sp³-hybridized carbons (Fsp3) is 0.545. The Labute approximate surface area is 104 Å². The summed E-state index contributed by atoms with van der Waals surface area (Å²) in [5.41, 5.74) is 6.73. The zero-order chi connectivity index (χ0) is 13.3. The Morgan fingerprint density at radius 1 is 1.56 bits per heavy atom. The molecule has 98 valence electrons. The van der Waals surface area contributed by atoms with Crippen LogP contribution in [0, 0.1) is 6.92 Å². The van der Waals surface area contributed by atoms with E-state index in [9.17, 15) is 9.59 Å². The van der Waals surface area contributed by atoms with Crippen LogP contribution in [0.1, 0.15) is 29.0 Å². The van der Waals surface area contributed by atoms with Crippen LogP contribution >= 0.6 is 0 Å². The Balaban J connectivity index is 1.92. The predicted octanol–water partition coefficient (Wildman–Crippen LogP) is -0.254. The van der Waals surface area contributed by atoms with Crippen molar-refractivity contribution in [3.05, 3.63) is 11.4 Å². The van der Waals surface area contributed by atoms with Gasteiger partial charge in [-0.2, -0.15) is 5.10 Å². The normalized spacial score (nSPS) is 14.3. The average Bonchev–Trinajstić information content (AvgIpc) is 3.05. The van der Waals surface area contributed by atoms with E-state index < -0.39 is 5.97 Å². The summed E-state index contributed by atoms with van der Waals surface area (Å²) in [7, 11) is 1.60. The van der Waals surface area contributed by atoms with E-state index in [0.717, 1.165) is 12.8 Å². The molecule has 1 saturated carbocycles. The summed E-state index contributed by atoms with van der Waals surface area (Å²) in [4.78, 5) is 23.1. The third-order valence-electron chi connectivity index (χ3n) is 2.74. The van der Waals surface area contributed by atoms with Gasteiger partial charge >= 0.3 is 5.97 Å². The molecule has 0 unspecified atom stereocenters. The van der Waals surface area contributed by atoms with Gasteiger partial charge in [-0.25, -0.2) is 4.79 Å². The van der Waals surface area contributed by atoms with Crippen molar-refractivity contribution in [2.75, 3.05) is 12.3 Å². The molecule has 18 heavy (non-hydrogen) atoms. The molecule has 3 N–H and O–H groups in total. The van der Waals surface area contributed by atoms with Crippen LogP contribution in [0.2, 0.25) is 0 Å². The van der Waals surface area contributed by atoms with Gasteiger partial charge < -0.3 is 15.8 Å². The Morgan fingerprint density at radius 2 is 2.22 bits per heavy atom. The van der Waals surface area contributed by atoms with Crippen LogP contribution in [0.3, 0.4) is 0 Å². The van der Waals surface area contributed by atoms with Crippen molar-refractivity contribution in [1.29, 1.82) is 0 Å². The predicted molar refractivity (Wildman–Crippen MR) is 63.8 cm³/mol. The van der Waals surface area contributed by atoms with Gasteiger partial charge in [0.25, 0.3) is 5.91 Å². The number of hydrogen-bond acceptors (Lipinski definition) is 5. The number of carbonyl (C=O) groups is 2. The van der Waals surface area contributed by atoms with E-state index >= 15 is 0 Å². The molecule has 0 spiro atoms. The third kappa shape index (κ3) is 2.61. The molecule has 1 aromatic rings. The topological polar surface area (TPSA) is 99.2 Å². The first-order chi connectivity index (χ1) is 8.49. The lowest BCUT2D eigenvalue weighted by atomic mass is 10.3. The van der Waals surface area contributed by atoms with Gasteiger partial charge in [-0.05, 0) is 19.8 Å². The lowest BCUT2D eigenvalue weighted by Gasteiger charge is -2.06. The molecule has 1 aliphatic carbocycles. The summed E-state index contributed by atoms with van der Waals surface area (Å²) in [6, 6.07) is 0.250. The molecule has 0 bridgehead atoms. The minimum atomic E-state index is -0.637. The molecule has 0 aliphatic heterocycles. The summed E-state index contributed by atoms with van der Waals surface area (Å²) in [5, 5.41) is 6.73. The summed E-state index contributed by atoms with van der Waals surface area (Å²) in [5.74, 6) is -0.926. The molecule has 0 radical (unpaired) electrons. The quantitative estimate of drug-likeness (QED) is 0.720. The van der Waals surface area contributed by atoms with Gasteiger partial charge in [0.1, 0.15) is 0 Å². The first-order valence-electron chi connectivity index (χ1n) is 5.74. The van der Waals surface area contributed by atoms with E-state index in [-0.39, 0.29) is 29.9 Å². The van der Waals surface area contributed by atoms with Crippen molar-refractivity contribution in [2.24, 2.45) is 7.05 Å². The number of nitrogens with two attached hydrogens (primary N) is 1. The zero-order valence-corrected chi connectivity index (χ0v) is 10.4. The van der Waals surface area contributed by atoms with Gasteiger partial charge in [-0.3, -0.25) is 9.48 Å². The number of rotatable bonds is 4. The number of nitrogens with zero attached hydrogens (tertiary/aromatic N) is 2.